The summed E-state index contributed by atoms with van der Waals surface area (Å²) in [5, 5.41) is 0. The SMILES string of the molecule is COc1ccc([C@@H]2CN(C(=O)c3cccc(C)n3)[C@@H]3C4CCN(CC4)[C@@H]32)cc1. The average molecular weight is 377 g/mol. The highest BCUT2D eigenvalue weighted by molar-refractivity contribution is 5.93. The second kappa shape index (κ2) is 6.89. The van der Waals surface area contributed by atoms with Crippen LogP contribution in [-0.4, -0.2) is 59.5 Å². The number of pyridine rings is 1. The molecule has 1 amide bonds. The molecule has 0 spiro atoms. The number of ether oxygens (including phenoxy) is 1. The Hall–Kier alpha value is -2.40. The number of nitrogens with zero attached hydrogens (tertiary/aromatic N) is 3. The number of hydrogen-bond acceptors (Lipinski definition) is 4. The zero-order valence-corrected chi connectivity index (χ0v) is 16.5. The Kier molecular flexibility index (Phi) is 4.35. The number of likely N-dealkylation sites (tertiary alicyclic amines) is 1. The van der Waals surface area contributed by atoms with Crippen LogP contribution in [0.25, 0.3) is 0 Å². The molecule has 6 rings (SSSR count). The van der Waals surface area contributed by atoms with Crippen LogP contribution in [0.3, 0.4) is 0 Å². The third-order valence-electron chi connectivity index (χ3n) is 6.91. The summed E-state index contributed by atoms with van der Waals surface area (Å²) in [6, 6.07) is 14.8. The molecule has 3 atom stereocenters. The molecule has 28 heavy (non-hydrogen) atoms. The molecule has 0 unspecified atom stereocenters. The number of carbonyl (C=O) groups excluding carboxylic acids is 1. The smallest absolute Gasteiger partial charge is 0.272 e. The molecule has 1 aromatic carbocycles. The van der Waals surface area contributed by atoms with E-state index in [4.69, 9.17) is 4.74 Å². The zero-order chi connectivity index (χ0) is 19.3. The maximum absolute atomic E-state index is 13.4. The van der Waals surface area contributed by atoms with Crippen molar-refractivity contribution in [2.24, 2.45) is 5.92 Å². The summed E-state index contributed by atoms with van der Waals surface area (Å²) in [5.74, 6) is 1.91. The number of rotatable bonds is 3. The Bertz CT molecular complexity index is 874. The van der Waals surface area contributed by atoms with Crippen molar-refractivity contribution in [1.82, 2.24) is 14.8 Å². The molecule has 4 aliphatic rings. The van der Waals surface area contributed by atoms with Crippen LogP contribution in [0.4, 0.5) is 0 Å². The van der Waals surface area contributed by atoms with Crippen LogP contribution in [-0.2, 0) is 0 Å². The fourth-order valence-electron chi connectivity index (χ4n) is 5.61. The van der Waals surface area contributed by atoms with Crippen LogP contribution in [0.15, 0.2) is 42.5 Å². The fourth-order valence-corrected chi connectivity index (χ4v) is 5.61. The van der Waals surface area contributed by atoms with Crippen molar-refractivity contribution in [3.05, 3.63) is 59.4 Å². The van der Waals surface area contributed by atoms with Gasteiger partial charge in [-0.15, -0.1) is 0 Å². The number of fused-ring (bicyclic) bond motifs is 2. The van der Waals surface area contributed by atoms with Crippen molar-refractivity contribution in [2.75, 3.05) is 26.7 Å². The van der Waals surface area contributed by atoms with Crippen molar-refractivity contribution < 1.29 is 9.53 Å². The maximum atomic E-state index is 13.4. The van der Waals surface area contributed by atoms with E-state index in [0.29, 0.717) is 29.6 Å². The molecule has 5 heterocycles. The van der Waals surface area contributed by atoms with Gasteiger partial charge in [0.25, 0.3) is 5.91 Å². The highest BCUT2D eigenvalue weighted by Gasteiger charge is 2.54. The van der Waals surface area contributed by atoms with E-state index in [1.165, 1.54) is 18.4 Å². The van der Waals surface area contributed by atoms with Gasteiger partial charge in [0.05, 0.1) is 13.2 Å². The molecule has 4 aliphatic heterocycles. The highest BCUT2D eigenvalue weighted by atomic mass is 16.5. The first kappa shape index (κ1) is 17.7. The molecule has 2 aromatic rings. The van der Waals surface area contributed by atoms with Crippen molar-refractivity contribution in [1.29, 1.82) is 0 Å². The van der Waals surface area contributed by atoms with E-state index in [1.807, 2.05) is 37.3 Å². The molecular weight excluding hydrogens is 350 g/mol. The first-order valence-corrected chi connectivity index (χ1v) is 10.3. The Labute approximate surface area is 166 Å². The Balaban J connectivity index is 1.50. The van der Waals surface area contributed by atoms with Crippen LogP contribution < -0.4 is 4.74 Å². The molecule has 4 fully saturated rings. The topological polar surface area (TPSA) is 45.7 Å². The average Bonchev–Trinajstić information content (AvgIpc) is 3.17. The standard InChI is InChI=1S/C23H27N3O2/c1-15-4-3-5-20(24-15)23(27)26-14-19(16-6-8-18(28-2)9-7-16)22-21(26)17-10-12-25(22)13-11-17/h3-9,17,19,21-22H,10-14H2,1-2H3/t19-,21+,22+/m0/s1. The van der Waals surface area contributed by atoms with Crippen molar-refractivity contribution in [3.63, 3.8) is 0 Å². The van der Waals surface area contributed by atoms with Crippen molar-refractivity contribution >= 4 is 5.91 Å². The van der Waals surface area contributed by atoms with E-state index < -0.39 is 0 Å². The largest absolute Gasteiger partial charge is 0.497 e. The van der Waals surface area contributed by atoms with Crippen LogP contribution in [0.5, 0.6) is 5.75 Å². The van der Waals surface area contributed by atoms with Gasteiger partial charge in [-0.05, 0) is 68.6 Å². The molecule has 0 radical (unpaired) electrons. The highest BCUT2D eigenvalue weighted by Crippen LogP contribution is 2.47. The summed E-state index contributed by atoms with van der Waals surface area (Å²) in [6.07, 6.45) is 2.39. The number of aryl methyl sites for hydroxylation is 1. The molecule has 5 heteroatoms. The lowest BCUT2D eigenvalue weighted by Crippen LogP contribution is -2.60. The van der Waals surface area contributed by atoms with E-state index in [2.05, 4.69) is 26.9 Å². The Morgan fingerprint density at radius 1 is 1.07 bits per heavy atom. The van der Waals surface area contributed by atoms with E-state index in [9.17, 15) is 4.79 Å². The summed E-state index contributed by atoms with van der Waals surface area (Å²) in [4.78, 5) is 22.7. The zero-order valence-electron chi connectivity index (χ0n) is 16.5. The normalized spacial score (nSPS) is 30.9. The third-order valence-corrected chi connectivity index (χ3v) is 6.91. The second-order valence-corrected chi connectivity index (χ2v) is 8.36. The molecule has 2 bridgehead atoms. The van der Waals surface area contributed by atoms with E-state index in [-0.39, 0.29) is 5.91 Å². The van der Waals surface area contributed by atoms with Gasteiger partial charge in [0, 0.05) is 24.2 Å². The molecule has 5 nitrogen and oxygen atoms in total. The predicted octanol–water partition coefficient (Wildman–Crippen LogP) is 3.10. The first-order valence-electron chi connectivity index (χ1n) is 10.3. The second-order valence-electron chi connectivity index (χ2n) is 8.36. The van der Waals surface area contributed by atoms with Gasteiger partial charge < -0.3 is 9.64 Å². The monoisotopic (exact) mass is 377 g/mol. The van der Waals surface area contributed by atoms with Gasteiger partial charge in [-0.1, -0.05) is 18.2 Å². The van der Waals surface area contributed by atoms with E-state index in [0.717, 1.165) is 31.1 Å². The molecule has 0 N–H and O–H groups in total. The lowest BCUT2D eigenvalue weighted by Gasteiger charge is -2.51. The number of hydrogen-bond donors (Lipinski definition) is 0. The minimum Gasteiger partial charge on any atom is -0.497 e. The summed E-state index contributed by atoms with van der Waals surface area (Å²) in [5.41, 5.74) is 2.77. The maximum Gasteiger partial charge on any atom is 0.272 e. The van der Waals surface area contributed by atoms with Gasteiger partial charge in [0.15, 0.2) is 0 Å². The lowest BCUT2D eigenvalue weighted by molar-refractivity contribution is -0.00358. The van der Waals surface area contributed by atoms with Gasteiger partial charge in [-0.2, -0.15) is 0 Å². The summed E-state index contributed by atoms with van der Waals surface area (Å²) in [6.45, 7) is 5.02. The van der Waals surface area contributed by atoms with Crippen LogP contribution in [0.1, 0.15) is 40.5 Å². The molecular formula is C23H27N3O2. The van der Waals surface area contributed by atoms with Gasteiger partial charge in [-0.3, -0.25) is 9.69 Å². The number of piperidine rings is 3. The molecule has 0 saturated carbocycles. The minimum absolute atomic E-state index is 0.0865. The van der Waals surface area contributed by atoms with Gasteiger partial charge in [-0.25, -0.2) is 4.98 Å². The molecule has 0 aliphatic carbocycles. The molecule has 4 saturated heterocycles. The number of methoxy groups -OCH3 is 1. The first-order chi connectivity index (χ1) is 13.7. The number of aromatic nitrogens is 1. The van der Waals surface area contributed by atoms with Gasteiger partial charge >= 0.3 is 0 Å². The van der Waals surface area contributed by atoms with Crippen molar-refractivity contribution in [3.8, 4) is 5.75 Å². The number of benzene rings is 1. The number of carbonyl (C=O) groups is 1. The van der Waals surface area contributed by atoms with Gasteiger partial charge in [0.2, 0.25) is 0 Å². The fraction of sp³-hybridized carbons (Fsp3) is 0.478. The van der Waals surface area contributed by atoms with Crippen LogP contribution in [0, 0.1) is 12.8 Å². The minimum atomic E-state index is 0.0865. The quantitative estimate of drug-likeness (QED) is 0.825. The number of amides is 1. The van der Waals surface area contributed by atoms with Gasteiger partial charge in [0.1, 0.15) is 11.4 Å². The Morgan fingerprint density at radius 2 is 1.82 bits per heavy atom. The van der Waals surface area contributed by atoms with Crippen molar-refractivity contribution in [2.45, 2.75) is 37.8 Å². The Morgan fingerprint density at radius 3 is 2.50 bits per heavy atom. The van der Waals surface area contributed by atoms with E-state index in [1.54, 1.807) is 7.11 Å². The summed E-state index contributed by atoms with van der Waals surface area (Å²) in [7, 11) is 1.70. The molecule has 1 aromatic heterocycles. The lowest BCUT2D eigenvalue weighted by atomic mass is 9.75. The van der Waals surface area contributed by atoms with E-state index >= 15 is 0 Å². The summed E-state index contributed by atoms with van der Waals surface area (Å²) < 4.78 is 5.33. The van der Waals surface area contributed by atoms with Crippen LogP contribution >= 0.6 is 0 Å². The predicted molar refractivity (Wildman–Crippen MR) is 108 cm³/mol. The third kappa shape index (κ3) is 2.80. The van der Waals surface area contributed by atoms with Crippen LogP contribution in [0.2, 0.25) is 0 Å². The summed E-state index contributed by atoms with van der Waals surface area (Å²) >= 11 is 0. The molecule has 146 valence electrons.